The van der Waals surface area contributed by atoms with Crippen LogP contribution in [0, 0.1) is 0 Å². The molecular formula is C17H21FN2O2. The molecule has 0 spiro atoms. The third-order valence-electron chi connectivity index (χ3n) is 3.51. The number of hydrogen-bond donors (Lipinski definition) is 1. The topological polar surface area (TPSA) is 57.4 Å². The van der Waals surface area contributed by atoms with Crippen LogP contribution in [0.1, 0.15) is 17.4 Å². The summed E-state index contributed by atoms with van der Waals surface area (Å²) in [5.74, 6) is 0. The van der Waals surface area contributed by atoms with Crippen LogP contribution in [0.5, 0.6) is 0 Å². The van der Waals surface area contributed by atoms with Crippen LogP contribution in [0.3, 0.4) is 0 Å². The monoisotopic (exact) mass is 304 g/mol. The summed E-state index contributed by atoms with van der Waals surface area (Å²) < 4.78 is 23.1. The molecule has 1 aromatic carbocycles. The van der Waals surface area contributed by atoms with Gasteiger partial charge in [-0.25, -0.2) is 4.39 Å². The molecule has 0 amide bonds. The molecule has 22 heavy (non-hydrogen) atoms. The largest absolute Gasteiger partial charge is 0.378 e. The van der Waals surface area contributed by atoms with Crippen LogP contribution in [0.4, 0.5) is 4.39 Å². The second-order valence-electron chi connectivity index (χ2n) is 5.07. The van der Waals surface area contributed by atoms with Gasteiger partial charge in [0.15, 0.2) is 0 Å². The number of pyridine rings is 1. The fourth-order valence-electron chi connectivity index (χ4n) is 2.33. The molecule has 0 aliphatic carbocycles. The lowest BCUT2D eigenvalue weighted by Crippen LogP contribution is -2.31. The third kappa shape index (κ3) is 3.88. The Bertz CT molecular complexity index is 572. The maximum Gasteiger partial charge on any atom is 0.107 e. The number of rotatable bonds is 7. The number of aromatic nitrogens is 1. The van der Waals surface area contributed by atoms with E-state index in [-0.39, 0.29) is 0 Å². The summed E-state index contributed by atoms with van der Waals surface area (Å²) in [6.07, 6.45) is 1.37. The first-order chi connectivity index (χ1) is 10.7. The Morgan fingerprint density at radius 2 is 1.77 bits per heavy atom. The lowest BCUT2D eigenvalue weighted by molar-refractivity contribution is 0.0721. The molecule has 0 saturated carbocycles. The van der Waals surface area contributed by atoms with E-state index in [9.17, 15) is 4.39 Å². The van der Waals surface area contributed by atoms with Gasteiger partial charge >= 0.3 is 0 Å². The minimum atomic E-state index is -0.661. The van der Waals surface area contributed by atoms with Gasteiger partial charge < -0.3 is 15.2 Å². The molecule has 4 nitrogen and oxygen atoms in total. The summed E-state index contributed by atoms with van der Waals surface area (Å²) in [6, 6.07) is 11.0. The van der Waals surface area contributed by atoms with Crippen molar-refractivity contribution >= 4 is 0 Å². The van der Waals surface area contributed by atoms with Crippen LogP contribution >= 0.6 is 0 Å². The SMILES string of the molecule is COCc1ccc(-c2ccc(C(OC)C(N)CF)cc2)cn1. The number of halogens is 1. The van der Waals surface area contributed by atoms with Crippen LogP contribution in [0.2, 0.25) is 0 Å². The van der Waals surface area contributed by atoms with Gasteiger partial charge in [0.2, 0.25) is 0 Å². The van der Waals surface area contributed by atoms with E-state index in [1.807, 2.05) is 42.6 Å². The quantitative estimate of drug-likeness (QED) is 0.854. The van der Waals surface area contributed by atoms with Crippen molar-refractivity contribution in [2.75, 3.05) is 20.9 Å². The molecule has 0 aliphatic rings. The first-order valence-electron chi connectivity index (χ1n) is 7.08. The van der Waals surface area contributed by atoms with Gasteiger partial charge in [-0.05, 0) is 17.2 Å². The van der Waals surface area contributed by atoms with Crippen molar-refractivity contribution in [3.63, 3.8) is 0 Å². The Morgan fingerprint density at radius 3 is 2.27 bits per heavy atom. The van der Waals surface area contributed by atoms with Crippen LogP contribution in [0.15, 0.2) is 42.6 Å². The van der Waals surface area contributed by atoms with Gasteiger partial charge in [-0.3, -0.25) is 4.98 Å². The Labute approximate surface area is 130 Å². The molecule has 0 saturated heterocycles. The standard InChI is InChI=1S/C17H21FN2O2/c1-21-11-15-8-7-14(10-20-15)12-3-5-13(6-4-12)17(22-2)16(19)9-18/h3-8,10,16-17H,9,11,19H2,1-2H3. The lowest BCUT2D eigenvalue weighted by Gasteiger charge is -2.20. The van der Waals surface area contributed by atoms with E-state index >= 15 is 0 Å². The highest BCUT2D eigenvalue weighted by molar-refractivity contribution is 5.62. The minimum Gasteiger partial charge on any atom is -0.378 e. The second kappa shape index (κ2) is 7.98. The molecule has 1 heterocycles. The predicted octanol–water partition coefficient (Wildman–Crippen LogP) is 2.88. The molecule has 2 unspecified atom stereocenters. The van der Waals surface area contributed by atoms with Gasteiger partial charge in [-0.2, -0.15) is 0 Å². The van der Waals surface area contributed by atoms with Crippen molar-refractivity contribution in [1.29, 1.82) is 0 Å². The van der Waals surface area contributed by atoms with E-state index < -0.39 is 18.8 Å². The minimum absolute atomic E-state index is 0.443. The highest BCUT2D eigenvalue weighted by atomic mass is 19.1. The second-order valence-corrected chi connectivity index (χ2v) is 5.07. The molecule has 2 atom stereocenters. The van der Waals surface area contributed by atoms with E-state index in [1.165, 1.54) is 7.11 Å². The van der Waals surface area contributed by atoms with Crippen molar-refractivity contribution in [2.24, 2.45) is 5.73 Å². The summed E-state index contributed by atoms with van der Waals surface area (Å²) in [5, 5.41) is 0. The molecule has 0 radical (unpaired) electrons. The highest BCUT2D eigenvalue weighted by Crippen LogP contribution is 2.24. The molecular weight excluding hydrogens is 283 g/mol. The molecule has 0 bridgehead atoms. The zero-order valence-electron chi connectivity index (χ0n) is 12.8. The maximum absolute atomic E-state index is 12.7. The smallest absolute Gasteiger partial charge is 0.107 e. The summed E-state index contributed by atoms with van der Waals surface area (Å²) in [5.41, 5.74) is 9.52. The molecule has 2 N–H and O–H groups in total. The molecule has 5 heteroatoms. The van der Waals surface area contributed by atoms with Crippen molar-refractivity contribution in [1.82, 2.24) is 4.98 Å². The average Bonchev–Trinajstić information content (AvgIpc) is 2.57. The van der Waals surface area contributed by atoms with E-state index in [2.05, 4.69) is 4.98 Å². The Morgan fingerprint density at radius 1 is 1.09 bits per heavy atom. The van der Waals surface area contributed by atoms with Crippen LogP contribution in [-0.4, -0.2) is 31.9 Å². The molecule has 0 fully saturated rings. The highest BCUT2D eigenvalue weighted by Gasteiger charge is 2.19. The summed E-state index contributed by atoms with van der Waals surface area (Å²) in [4.78, 5) is 4.34. The van der Waals surface area contributed by atoms with Gasteiger partial charge in [-0.15, -0.1) is 0 Å². The zero-order valence-corrected chi connectivity index (χ0v) is 12.8. The number of hydrogen-bond acceptors (Lipinski definition) is 4. The van der Waals surface area contributed by atoms with Gasteiger partial charge in [0, 0.05) is 26.0 Å². The number of nitrogens with zero attached hydrogens (tertiary/aromatic N) is 1. The molecule has 1 aromatic heterocycles. The number of benzene rings is 1. The number of nitrogens with two attached hydrogens (primary N) is 1. The van der Waals surface area contributed by atoms with Gasteiger partial charge in [-0.1, -0.05) is 30.3 Å². The van der Waals surface area contributed by atoms with Crippen molar-refractivity contribution in [2.45, 2.75) is 18.8 Å². The van der Waals surface area contributed by atoms with Gasteiger partial charge in [0.1, 0.15) is 6.67 Å². The van der Waals surface area contributed by atoms with Crippen molar-refractivity contribution < 1.29 is 13.9 Å². The maximum atomic E-state index is 12.7. The average molecular weight is 304 g/mol. The van der Waals surface area contributed by atoms with Crippen molar-refractivity contribution in [3.8, 4) is 11.1 Å². The fraction of sp³-hybridized carbons (Fsp3) is 0.353. The van der Waals surface area contributed by atoms with Crippen molar-refractivity contribution in [3.05, 3.63) is 53.9 Å². The number of alkyl halides is 1. The van der Waals surface area contributed by atoms with E-state index in [1.54, 1.807) is 7.11 Å². The lowest BCUT2D eigenvalue weighted by atomic mass is 9.99. The molecule has 2 aromatic rings. The fourth-order valence-corrected chi connectivity index (χ4v) is 2.33. The Balaban J connectivity index is 2.17. The van der Waals surface area contributed by atoms with Gasteiger partial charge in [0.05, 0.1) is 24.4 Å². The predicted molar refractivity (Wildman–Crippen MR) is 84.1 cm³/mol. The van der Waals surface area contributed by atoms with E-state index in [0.717, 1.165) is 22.4 Å². The van der Waals surface area contributed by atoms with E-state index in [4.69, 9.17) is 15.2 Å². The Kier molecular flexibility index (Phi) is 6.00. The van der Waals surface area contributed by atoms with Gasteiger partial charge in [0.25, 0.3) is 0 Å². The molecule has 2 rings (SSSR count). The van der Waals surface area contributed by atoms with Crippen LogP contribution in [0.25, 0.3) is 11.1 Å². The van der Waals surface area contributed by atoms with E-state index in [0.29, 0.717) is 6.61 Å². The number of methoxy groups -OCH3 is 2. The van der Waals surface area contributed by atoms with Crippen LogP contribution in [-0.2, 0) is 16.1 Å². The summed E-state index contributed by atoms with van der Waals surface area (Å²) in [6.45, 7) is -0.124. The zero-order chi connectivity index (χ0) is 15.9. The normalized spacial score (nSPS) is 13.8. The van der Waals surface area contributed by atoms with Crippen LogP contribution < -0.4 is 5.73 Å². The summed E-state index contributed by atoms with van der Waals surface area (Å²) >= 11 is 0. The summed E-state index contributed by atoms with van der Waals surface area (Å²) in [7, 11) is 3.18. The molecule has 0 aliphatic heterocycles. The Hall–Kier alpha value is -1.82. The first-order valence-corrected chi connectivity index (χ1v) is 7.08. The number of ether oxygens (including phenoxy) is 2. The first kappa shape index (κ1) is 16.5. The third-order valence-corrected chi connectivity index (χ3v) is 3.51. The molecule has 118 valence electrons.